The van der Waals surface area contributed by atoms with Crippen LogP contribution in [0.15, 0.2) is 18.2 Å². The number of nitrogens with one attached hydrogen (secondary N) is 1. The summed E-state index contributed by atoms with van der Waals surface area (Å²) in [6.07, 6.45) is 0. The van der Waals surface area contributed by atoms with E-state index in [9.17, 15) is 0 Å². The zero-order chi connectivity index (χ0) is 14.4. The second kappa shape index (κ2) is 4.89. The summed E-state index contributed by atoms with van der Waals surface area (Å²) in [5.74, 6) is 3.36. The fourth-order valence-electron chi connectivity index (χ4n) is 4.18. The highest BCUT2D eigenvalue weighted by atomic mass is 16.6. The summed E-state index contributed by atoms with van der Waals surface area (Å²) in [4.78, 5) is 2.63. The van der Waals surface area contributed by atoms with Gasteiger partial charge in [0.05, 0.1) is 0 Å². The molecule has 3 aliphatic rings. The number of likely N-dealkylation sites (tertiary alicyclic amines) is 1. The van der Waals surface area contributed by atoms with Gasteiger partial charge in [-0.2, -0.15) is 0 Å². The van der Waals surface area contributed by atoms with Crippen LogP contribution >= 0.6 is 0 Å². The molecule has 4 rings (SSSR count). The lowest BCUT2D eigenvalue weighted by Crippen LogP contribution is -2.43. The first kappa shape index (κ1) is 13.4. The predicted octanol–water partition coefficient (Wildman–Crippen LogP) is 1.89. The maximum Gasteiger partial charge on any atom is 0.161 e. The molecule has 4 heteroatoms. The summed E-state index contributed by atoms with van der Waals surface area (Å²) in [7, 11) is 0. The third kappa shape index (κ3) is 2.21. The lowest BCUT2D eigenvalue weighted by molar-refractivity contribution is 0.131. The number of rotatable bonds is 2. The van der Waals surface area contributed by atoms with Crippen LogP contribution in [0.25, 0.3) is 0 Å². The van der Waals surface area contributed by atoms with Gasteiger partial charge in [-0.1, -0.05) is 6.07 Å². The van der Waals surface area contributed by atoms with E-state index in [1.165, 1.54) is 18.7 Å². The Morgan fingerprint density at radius 1 is 1.19 bits per heavy atom. The van der Waals surface area contributed by atoms with Gasteiger partial charge < -0.3 is 14.8 Å². The Bertz CT molecular complexity index is 544. The number of hydrogen-bond acceptors (Lipinski definition) is 4. The summed E-state index contributed by atoms with van der Waals surface area (Å²) in [5, 5.41) is 3.54. The first-order valence-electron chi connectivity index (χ1n) is 7.99. The van der Waals surface area contributed by atoms with Crippen molar-refractivity contribution in [3.05, 3.63) is 23.8 Å². The third-order valence-electron chi connectivity index (χ3n) is 5.50. The molecule has 1 aromatic carbocycles. The first-order valence-corrected chi connectivity index (χ1v) is 7.99. The Hall–Kier alpha value is -1.26. The van der Waals surface area contributed by atoms with Crippen molar-refractivity contribution in [2.45, 2.75) is 25.9 Å². The predicted molar refractivity (Wildman–Crippen MR) is 81.8 cm³/mol. The molecule has 2 saturated heterocycles. The molecule has 3 heterocycles. The van der Waals surface area contributed by atoms with E-state index in [0.29, 0.717) is 13.2 Å². The highest BCUT2D eigenvalue weighted by molar-refractivity contribution is 5.43. The molecule has 0 aliphatic carbocycles. The summed E-state index contributed by atoms with van der Waals surface area (Å²) < 4.78 is 11.3. The molecule has 0 radical (unpaired) electrons. The van der Waals surface area contributed by atoms with Gasteiger partial charge in [0.15, 0.2) is 11.5 Å². The van der Waals surface area contributed by atoms with Gasteiger partial charge in [0.2, 0.25) is 0 Å². The summed E-state index contributed by atoms with van der Waals surface area (Å²) in [6.45, 7) is 10.6. The van der Waals surface area contributed by atoms with Crippen molar-refractivity contribution in [2.75, 3.05) is 32.8 Å². The minimum absolute atomic E-state index is 0.265. The van der Waals surface area contributed by atoms with Gasteiger partial charge in [-0.3, -0.25) is 4.90 Å². The van der Waals surface area contributed by atoms with E-state index >= 15 is 0 Å². The van der Waals surface area contributed by atoms with Crippen molar-refractivity contribution in [1.29, 1.82) is 0 Å². The largest absolute Gasteiger partial charge is 0.486 e. The molecule has 1 N–H and O–H groups in total. The van der Waals surface area contributed by atoms with Gasteiger partial charge >= 0.3 is 0 Å². The van der Waals surface area contributed by atoms with Crippen LogP contribution in [0.2, 0.25) is 0 Å². The number of benzene rings is 1. The maximum absolute atomic E-state index is 5.70. The van der Waals surface area contributed by atoms with E-state index in [1.807, 2.05) is 0 Å². The second-order valence-corrected chi connectivity index (χ2v) is 7.04. The van der Waals surface area contributed by atoms with Crippen LogP contribution in [0.4, 0.5) is 0 Å². The zero-order valence-electron chi connectivity index (χ0n) is 12.9. The van der Waals surface area contributed by atoms with Crippen LogP contribution in [-0.2, 0) is 6.54 Å². The van der Waals surface area contributed by atoms with Crippen LogP contribution in [0.1, 0.15) is 19.4 Å². The van der Waals surface area contributed by atoms with E-state index in [2.05, 4.69) is 42.3 Å². The molecule has 2 atom stereocenters. The van der Waals surface area contributed by atoms with E-state index in [4.69, 9.17) is 9.47 Å². The minimum atomic E-state index is 0.265. The van der Waals surface area contributed by atoms with Crippen LogP contribution in [0.5, 0.6) is 11.5 Å². The van der Waals surface area contributed by atoms with Crippen molar-refractivity contribution < 1.29 is 9.47 Å². The molecule has 0 aromatic heterocycles. The monoisotopic (exact) mass is 288 g/mol. The van der Waals surface area contributed by atoms with Gasteiger partial charge in [-0.25, -0.2) is 0 Å². The number of hydrogen-bond donors (Lipinski definition) is 1. The smallest absolute Gasteiger partial charge is 0.161 e. The molecular weight excluding hydrogens is 264 g/mol. The van der Waals surface area contributed by atoms with Gasteiger partial charge in [0.1, 0.15) is 13.2 Å². The molecule has 4 nitrogen and oxygen atoms in total. The Kier molecular flexibility index (Phi) is 3.12. The average Bonchev–Trinajstić information content (AvgIpc) is 3.03. The number of ether oxygens (including phenoxy) is 2. The van der Waals surface area contributed by atoms with Crippen LogP contribution in [0.3, 0.4) is 0 Å². The van der Waals surface area contributed by atoms with E-state index < -0.39 is 0 Å². The molecule has 2 unspecified atom stereocenters. The Labute approximate surface area is 126 Å². The van der Waals surface area contributed by atoms with Crippen LogP contribution in [-0.4, -0.2) is 43.3 Å². The molecule has 0 spiro atoms. The Balaban J connectivity index is 1.53. The van der Waals surface area contributed by atoms with E-state index in [-0.39, 0.29) is 5.54 Å². The van der Waals surface area contributed by atoms with Crippen molar-refractivity contribution in [1.82, 2.24) is 10.2 Å². The lowest BCUT2D eigenvalue weighted by Gasteiger charge is -2.36. The maximum atomic E-state index is 5.70. The lowest BCUT2D eigenvalue weighted by atomic mass is 9.85. The van der Waals surface area contributed by atoms with Crippen LogP contribution < -0.4 is 14.8 Å². The third-order valence-corrected chi connectivity index (χ3v) is 5.50. The summed E-state index contributed by atoms with van der Waals surface area (Å²) in [5.41, 5.74) is 1.58. The van der Waals surface area contributed by atoms with Gasteiger partial charge in [-0.15, -0.1) is 0 Å². The van der Waals surface area contributed by atoms with Crippen molar-refractivity contribution in [3.63, 3.8) is 0 Å². The molecular formula is C17H24N2O2. The molecule has 21 heavy (non-hydrogen) atoms. The summed E-state index contributed by atoms with van der Waals surface area (Å²) in [6, 6.07) is 6.38. The number of fused-ring (bicyclic) bond motifs is 2. The molecule has 0 saturated carbocycles. The SMILES string of the molecule is CC1(C)C2CNCC2CN1Cc1ccc2c(c1)OCCO2. The van der Waals surface area contributed by atoms with E-state index in [0.717, 1.165) is 36.4 Å². The Morgan fingerprint density at radius 3 is 2.81 bits per heavy atom. The molecule has 3 aliphatic heterocycles. The second-order valence-electron chi connectivity index (χ2n) is 7.04. The highest BCUT2D eigenvalue weighted by Gasteiger charge is 2.49. The number of nitrogens with zero attached hydrogens (tertiary/aromatic N) is 1. The van der Waals surface area contributed by atoms with Crippen molar-refractivity contribution in [3.8, 4) is 11.5 Å². The Morgan fingerprint density at radius 2 is 2.00 bits per heavy atom. The fourth-order valence-corrected chi connectivity index (χ4v) is 4.18. The first-order chi connectivity index (χ1) is 10.1. The van der Waals surface area contributed by atoms with Crippen molar-refractivity contribution in [2.24, 2.45) is 11.8 Å². The molecule has 0 bridgehead atoms. The zero-order valence-corrected chi connectivity index (χ0v) is 12.9. The molecule has 1 aromatic rings. The quantitative estimate of drug-likeness (QED) is 0.901. The normalized spacial score (nSPS) is 30.4. The highest BCUT2D eigenvalue weighted by Crippen LogP contribution is 2.41. The van der Waals surface area contributed by atoms with Crippen LogP contribution in [0, 0.1) is 11.8 Å². The fraction of sp³-hybridized carbons (Fsp3) is 0.647. The standard InChI is InChI=1S/C17H24N2O2/c1-17(2)14-9-18-8-13(14)11-19(17)10-12-3-4-15-16(7-12)21-6-5-20-15/h3-4,7,13-14,18H,5-6,8-11H2,1-2H3. The average molecular weight is 288 g/mol. The molecule has 2 fully saturated rings. The minimum Gasteiger partial charge on any atom is -0.486 e. The van der Waals surface area contributed by atoms with Crippen molar-refractivity contribution >= 4 is 0 Å². The topological polar surface area (TPSA) is 33.7 Å². The van der Waals surface area contributed by atoms with Gasteiger partial charge in [-0.05, 0) is 49.9 Å². The van der Waals surface area contributed by atoms with Gasteiger partial charge in [0, 0.05) is 25.2 Å². The summed E-state index contributed by atoms with van der Waals surface area (Å²) >= 11 is 0. The van der Waals surface area contributed by atoms with Gasteiger partial charge in [0.25, 0.3) is 0 Å². The molecule has 114 valence electrons. The molecule has 0 amide bonds. The van der Waals surface area contributed by atoms with E-state index in [1.54, 1.807) is 0 Å².